The van der Waals surface area contributed by atoms with Gasteiger partial charge in [0.05, 0.1) is 16.0 Å². The molecule has 0 aliphatic rings. The number of nitrogens with two attached hydrogens (primary N) is 1. The van der Waals surface area contributed by atoms with Gasteiger partial charge in [0.2, 0.25) is 0 Å². The number of thiocarbonyl (C=S) groups is 1. The molecule has 0 spiro atoms. The fraction of sp³-hybridized carbons (Fsp3) is 0.500. The number of carbonyl (C=O) groups excluding carboxylic acids is 1. The Morgan fingerprint density at radius 1 is 1.62 bits per heavy atom. The highest BCUT2D eigenvalue weighted by atomic mass is 32.1. The van der Waals surface area contributed by atoms with Crippen LogP contribution in [0.3, 0.4) is 0 Å². The lowest BCUT2D eigenvalue weighted by atomic mass is 9.92. The number of amides is 1. The third-order valence-corrected chi connectivity index (χ3v) is 3.67. The van der Waals surface area contributed by atoms with Crippen molar-refractivity contribution in [1.29, 1.82) is 0 Å². The van der Waals surface area contributed by atoms with Crippen LogP contribution >= 0.6 is 23.6 Å². The zero-order chi connectivity index (χ0) is 12.2. The SMILES string of the molecule is CCC(CC)(NC(=O)c1cscn1)C(N)=S. The zero-order valence-electron chi connectivity index (χ0n) is 9.32. The van der Waals surface area contributed by atoms with Crippen molar-refractivity contribution in [3.63, 3.8) is 0 Å². The lowest BCUT2D eigenvalue weighted by molar-refractivity contribution is 0.0915. The van der Waals surface area contributed by atoms with E-state index in [0.29, 0.717) is 23.5 Å². The minimum atomic E-state index is -0.601. The molecule has 0 atom stereocenters. The third kappa shape index (κ3) is 2.56. The van der Waals surface area contributed by atoms with E-state index in [-0.39, 0.29) is 5.91 Å². The van der Waals surface area contributed by atoms with Crippen LogP contribution in [-0.2, 0) is 0 Å². The van der Waals surface area contributed by atoms with Crippen LogP contribution in [0, 0.1) is 0 Å². The number of thiazole rings is 1. The summed E-state index contributed by atoms with van der Waals surface area (Å²) >= 11 is 6.40. The Labute approximate surface area is 104 Å². The first-order valence-corrected chi connectivity index (χ1v) is 6.41. The summed E-state index contributed by atoms with van der Waals surface area (Å²) in [6.07, 6.45) is 1.35. The molecule has 0 fully saturated rings. The van der Waals surface area contributed by atoms with Crippen molar-refractivity contribution in [3.8, 4) is 0 Å². The normalized spacial score (nSPS) is 11.1. The highest BCUT2D eigenvalue weighted by molar-refractivity contribution is 7.80. The predicted molar refractivity (Wildman–Crippen MR) is 69.7 cm³/mol. The molecule has 16 heavy (non-hydrogen) atoms. The monoisotopic (exact) mass is 257 g/mol. The van der Waals surface area contributed by atoms with Crippen LogP contribution in [-0.4, -0.2) is 21.4 Å². The van der Waals surface area contributed by atoms with Gasteiger partial charge in [-0.2, -0.15) is 0 Å². The van der Waals surface area contributed by atoms with Crippen molar-refractivity contribution in [2.24, 2.45) is 5.73 Å². The molecule has 0 aromatic carbocycles. The molecule has 0 saturated heterocycles. The Balaban J connectivity index is 2.84. The smallest absolute Gasteiger partial charge is 0.271 e. The molecular weight excluding hydrogens is 242 g/mol. The number of rotatable bonds is 5. The fourth-order valence-corrected chi connectivity index (χ4v) is 2.31. The zero-order valence-corrected chi connectivity index (χ0v) is 11.0. The number of hydrogen-bond donors (Lipinski definition) is 2. The molecule has 0 aliphatic heterocycles. The summed E-state index contributed by atoms with van der Waals surface area (Å²) in [7, 11) is 0. The second kappa shape index (κ2) is 5.36. The Kier molecular flexibility index (Phi) is 4.37. The molecule has 0 radical (unpaired) electrons. The van der Waals surface area contributed by atoms with Gasteiger partial charge in [-0.25, -0.2) is 4.98 Å². The molecule has 1 aromatic rings. The maximum absolute atomic E-state index is 11.9. The number of hydrogen-bond acceptors (Lipinski definition) is 4. The molecule has 88 valence electrons. The van der Waals surface area contributed by atoms with E-state index in [0.717, 1.165) is 0 Å². The van der Waals surface area contributed by atoms with E-state index in [1.807, 2.05) is 13.8 Å². The number of nitrogens with zero attached hydrogens (tertiary/aromatic N) is 1. The van der Waals surface area contributed by atoms with Gasteiger partial charge >= 0.3 is 0 Å². The van der Waals surface area contributed by atoms with Crippen molar-refractivity contribution in [2.75, 3.05) is 0 Å². The lowest BCUT2D eigenvalue weighted by Gasteiger charge is -2.31. The second-order valence-corrected chi connectivity index (χ2v) is 4.64. The number of nitrogens with one attached hydrogen (secondary N) is 1. The van der Waals surface area contributed by atoms with Gasteiger partial charge in [-0.05, 0) is 12.8 Å². The third-order valence-electron chi connectivity index (χ3n) is 2.70. The van der Waals surface area contributed by atoms with Gasteiger partial charge < -0.3 is 11.1 Å². The van der Waals surface area contributed by atoms with Crippen molar-refractivity contribution >= 4 is 34.5 Å². The average molecular weight is 257 g/mol. The second-order valence-electron chi connectivity index (χ2n) is 3.48. The van der Waals surface area contributed by atoms with Crippen LogP contribution in [0.1, 0.15) is 37.2 Å². The molecule has 4 nitrogen and oxygen atoms in total. The summed E-state index contributed by atoms with van der Waals surface area (Å²) in [6.45, 7) is 3.90. The molecule has 1 rings (SSSR count). The minimum Gasteiger partial charge on any atom is -0.391 e. The van der Waals surface area contributed by atoms with Crippen LogP contribution in [0.25, 0.3) is 0 Å². The molecule has 0 bridgehead atoms. The Bertz CT molecular complexity index is 371. The summed E-state index contributed by atoms with van der Waals surface area (Å²) in [5, 5.41) is 4.57. The number of carbonyl (C=O) groups is 1. The van der Waals surface area contributed by atoms with Crippen molar-refractivity contribution in [3.05, 3.63) is 16.6 Å². The molecule has 0 unspecified atom stereocenters. The van der Waals surface area contributed by atoms with Crippen LogP contribution < -0.4 is 11.1 Å². The van der Waals surface area contributed by atoms with Crippen molar-refractivity contribution in [1.82, 2.24) is 10.3 Å². The van der Waals surface area contributed by atoms with E-state index in [1.165, 1.54) is 11.3 Å². The summed E-state index contributed by atoms with van der Waals surface area (Å²) in [6, 6.07) is 0. The summed E-state index contributed by atoms with van der Waals surface area (Å²) < 4.78 is 0. The first-order valence-electron chi connectivity index (χ1n) is 5.06. The predicted octanol–water partition coefficient (Wildman–Crippen LogP) is 1.72. The van der Waals surface area contributed by atoms with E-state index in [1.54, 1.807) is 10.9 Å². The Morgan fingerprint density at radius 2 is 2.25 bits per heavy atom. The molecule has 6 heteroatoms. The Hall–Kier alpha value is -1.01. The minimum absolute atomic E-state index is 0.224. The van der Waals surface area contributed by atoms with Gasteiger partial charge in [-0.1, -0.05) is 26.1 Å². The van der Waals surface area contributed by atoms with E-state index in [2.05, 4.69) is 10.3 Å². The van der Waals surface area contributed by atoms with E-state index >= 15 is 0 Å². The highest BCUT2D eigenvalue weighted by Crippen LogP contribution is 2.16. The van der Waals surface area contributed by atoms with Gasteiger partial charge in [0.15, 0.2) is 0 Å². The largest absolute Gasteiger partial charge is 0.391 e. The van der Waals surface area contributed by atoms with Crippen molar-refractivity contribution in [2.45, 2.75) is 32.2 Å². The Morgan fingerprint density at radius 3 is 2.62 bits per heavy atom. The molecule has 1 aromatic heterocycles. The van der Waals surface area contributed by atoms with Gasteiger partial charge in [0.1, 0.15) is 5.69 Å². The summed E-state index contributed by atoms with van der Waals surface area (Å²) in [4.78, 5) is 16.1. The molecule has 3 N–H and O–H groups in total. The first kappa shape index (κ1) is 13.1. The molecular formula is C10H15N3OS2. The summed E-state index contributed by atoms with van der Waals surface area (Å²) in [5.41, 5.74) is 7.12. The van der Waals surface area contributed by atoms with Gasteiger partial charge in [0.25, 0.3) is 5.91 Å². The van der Waals surface area contributed by atoms with Crippen LogP contribution in [0.2, 0.25) is 0 Å². The average Bonchev–Trinajstić information content (AvgIpc) is 2.78. The van der Waals surface area contributed by atoms with Crippen molar-refractivity contribution < 1.29 is 4.79 Å². The molecule has 0 saturated carbocycles. The topological polar surface area (TPSA) is 68.0 Å². The van der Waals surface area contributed by atoms with Crippen LogP contribution in [0.15, 0.2) is 10.9 Å². The molecule has 1 heterocycles. The quantitative estimate of drug-likeness (QED) is 0.788. The van der Waals surface area contributed by atoms with Gasteiger partial charge in [-0.3, -0.25) is 4.79 Å². The molecule has 1 amide bonds. The van der Waals surface area contributed by atoms with Gasteiger partial charge in [-0.15, -0.1) is 11.3 Å². The maximum Gasteiger partial charge on any atom is 0.271 e. The van der Waals surface area contributed by atoms with Crippen LogP contribution in [0.5, 0.6) is 0 Å². The van der Waals surface area contributed by atoms with E-state index in [4.69, 9.17) is 18.0 Å². The standard InChI is InChI=1S/C10H15N3OS2/c1-3-10(4-2,9(11)15)13-8(14)7-5-16-6-12-7/h5-6H,3-4H2,1-2H3,(H2,11,15)(H,13,14). The van der Waals surface area contributed by atoms with Crippen LogP contribution in [0.4, 0.5) is 0 Å². The summed E-state index contributed by atoms with van der Waals surface area (Å²) in [5.74, 6) is -0.224. The van der Waals surface area contributed by atoms with E-state index < -0.39 is 5.54 Å². The first-order chi connectivity index (χ1) is 7.55. The van der Waals surface area contributed by atoms with E-state index in [9.17, 15) is 4.79 Å². The highest BCUT2D eigenvalue weighted by Gasteiger charge is 2.31. The maximum atomic E-state index is 11.9. The molecule has 0 aliphatic carbocycles. The number of aromatic nitrogens is 1. The lowest BCUT2D eigenvalue weighted by Crippen LogP contribution is -2.56. The fourth-order valence-electron chi connectivity index (χ4n) is 1.44. The van der Waals surface area contributed by atoms with Gasteiger partial charge in [0, 0.05) is 5.38 Å².